The molecule has 80 valence electrons. The summed E-state index contributed by atoms with van der Waals surface area (Å²) in [4.78, 5) is 10.2. The van der Waals surface area contributed by atoms with Gasteiger partial charge in [-0.15, -0.1) is 0 Å². The Kier molecular flexibility index (Phi) is 3.84. The standard InChI is InChI=1S/C14H18O/c1-10-9-11(2)13(4)14(12(10)3)7-5-6-8-15/h5,7-9H,6H2,1-4H3. The van der Waals surface area contributed by atoms with Crippen LogP contribution in [0.15, 0.2) is 12.1 Å². The van der Waals surface area contributed by atoms with Crippen LogP contribution in [0.1, 0.15) is 34.2 Å². The van der Waals surface area contributed by atoms with E-state index in [1.54, 1.807) is 0 Å². The Morgan fingerprint density at radius 3 is 2.07 bits per heavy atom. The van der Waals surface area contributed by atoms with Gasteiger partial charge < -0.3 is 4.79 Å². The van der Waals surface area contributed by atoms with Crippen LogP contribution in [0.4, 0.5) is 0 Å². The summed E-state index contributed by atoms with van der Waals surface area (Å²) in [5.41, 5.74) is 6.49. The maximum atomic E-state index is 10.2. The van der Waals surface area contributed by atoms with E-state index in [0.29, 0.717) is 6.42 Å². The number of carbonyl (C=O) groups is 1. The van der Waals surface area contributed by atoms with E-state index >= 15 is 0 Å². The van der Waals surface area contributed by atoms with E-state index in [4.69, 9.17) is 0 Å². The SMILES string of the molecule is Cc1cc(C)c(C)c(C=CCC=O)c1C. The van der Waals surface area contributed by atoms with Gasteiger partial charge in [-0.1, -0.05) is 18.2 Å². The highest BCUT2D eigenvalue weighted by Crippen LogP contribution is 2.22. The van der Waals surface area contributed by atoms with Crippen LogP contribution in [-0.4, -0.2) is 6.29 Å². The van der Waals surface area contributed by atoms with Gasteiger partial charge in [-0.05, 0) is 55.5 Å². The summed E-state index contributed by atoms with van der Waals surface area (Å²) >= 11 is 0. The van der Waals surface area contributed by atoms with E-state index in [9.17, 15) is 4.79 Å². The molecule has 15 heavy (non-hydrogen) atoms. The molecule has 0 unspecified atom stereocenters. The molecule has 0 amide bonds. The molecule has 0 aliphatic heterocycles. The van der Waals surface area contributed by atoms with E-state index in [-0.39, 0.29) is 0 Å². The summed E-state index contributed by atoms with van der Waals surface area (Å²) in [6.45, 7) is 8.50. The summed E-state index contributed by atoms with van der Waals surface area (Å²) in [7, 11) is 0. The van der Waals surface area contributed by atoms with Crippen molar-refractivity contribution in [1.82, 2.24) is 0 Å². The van der Waals surface area contributed by atoms with Crippen LogP contribution >= 0.6 is 0 Å². The number of hydrogen-bond donors (Lipinski definition) is 0. The van der Waals surface area contributed by atoms with Crippen molar-refractivity contribution >= 4 is 12.4 Å². The molecule has 1 aromatic rings. The highest BCUT2D eigenvalue weighted by molar-refractivity contribution is 5.64. The number of benzene rings is 1. The predicted molar refractivity (Wildman–Crippen MR) is 65.1 cm³/mol. The second kappa shape index (κ2) is 4.92. The van der Waals surface area contributed by atoms with Gasteiger partial charge in [0, 0.05) is 6.42 Å². The van der Waals surface area contributed by atoms with Gasteiger partial charge in [-0.25, -0.2) is 0 Å². The highest BCUT2D eigenvalue weighted by Gasteiger charge is 2.04. The van der Waals surface area contributed by atoms with Crippen LogP contribution in [0.2, 0.25) is 0 Å². The van der Waals surface area contributed by atoms with Gasteiger partial charge in [-0.2, -0.15) is 0 Å². The minimum Gasteiger partial charge on any atom is -0.303 e. The van der Waals surface area contributed by atoms with Gasteiger partial charge in [0.1, 0.15) is 6.29 Å². The van der Waals surface area contributed by atoms with Crippen LogP contribution in [0.5, 0.6) is 0 Å². The smallest absolute Gasteiger partial charge is 0.123 e. The van der Waals surface area contributed by atoms with E-state index in [2.05, 4.69) is 39.8 Å². The zero-order chi connectivity index (χ0) is 11.4. The van der Waals surface area contributed by atoms with Crippen LogP contribution in [-0.2, 0) is 4.79 Å². The number of aryl methyl sites for hydroxylation is 2. The first-order valence-corrected chi connectivity index (χ1v) is 5.25. The first-order chi connectivity index (χ1) is 7.07. The minimum atomic E-state index is 0.492. The lowest BCUT2D eigenvalue weighted by Crippen LogP contribution is -1.94. The quantitative estimate of drug-likeness (QED) is 0.685. The second-order valence-corrected chi connectivity index (χ2v) is 3.98. The van der Waals surface area contributed by atoms with Crippen LogP contribution in [0, 0.1) is 27.7 Å². The Labute approximate surface area is 91.8 Å². The fourth-order valence-electron chi connectivity index (χ4n) is 1.74. The van der Waals surface area contributed by atoms with Crippen LogP contribution in [0.25, 0.3) is 6.08 Å². The minimum absolute atomic E-state index is 0.492. The molecule has 1 aromatic carbocycles. The van der Waals surface area contributed by atoms with Crippen LogP contribution in [0.3, 0.4) is 0 Å². The Hall–Kier alpha value is -1.37. The van der Waals surface area contributed by atoms with Crippen molar-refractivity contribution in [2.24, 2.45) is 0 Å². The summed E-state index contributed by atoms with van der Waals surface area (Å²) in [6.07, 6.45) is 5.38. The van der Waals surface area contributed by atoms with Crippen molar-refractivity contribution in [3.63, 3.8) is 0 Å². The highest BCUT2D eigenvalue weighted by atomic mass is 16.1. The van der Waals surface area contributed by atoms with Crippen molar-refractivity contribution in [3.8, 4) is 0 Å². The van der Waals surface area contributed by atoms with Crippen molar-refractivity contribution in [1.29, 1.82) is 0 Å². The molecule has 0 bridgehead atoms. The monoisotopic (exact) mass is 202 g/mol. The number of allylic oxidation sites excluding steroid dienone is 1. The molecule has 0 radical (unpaired) electrons. The molecule has 0 aromatic heterocycles. The van der Waals surface area contributed by atoms with Crippen molar-refractivity contribution < 1.29 is 4.79 Å². The first-order valence-electron chi connectivity index (χ1n) is 5.25. The van der Waals surface area contributed by atoms with Crippen molar-refractivity contribution in [2.45, 2.75) is 34.1 Å². The average Bonchev–Trinajstić information content (AvgIpc) is 2.20. The summed E-state index contributed by atoms with van der Waals surface area (Å²) < 4.78 is 0. The van der Waals surface area contributed by atoms with Gasteiger partial charge in [0.05, 0.1) is 0 Å². The second-order valence-electron chi connectivity index (χ2n) is 3.98. The lowest BCUT2D eigenvalue weighted by Gasteiger charge is -2.11. The topological polar surface area (TPSA) is 17.1 Å². The number of hydrogen-bond acceptors (Lipinski definition) is 1. The molecule has 0 atom stereocenters. The molecule has 0 saturated carbocycles. The van der Waals surface area contributed by atoms with Gasteiger partial charge >= 0.3 is 0 Å². The first kappa shape index (κ1) is 11.7. The zero-order valence-electron chi connectivity index (χ0n) is 9.92. The Morgan fingerprint density at radius 1 is 1.07 bits per heavy atom. The van der Waals surface area contributed by atoms with E-state index < -0.39 is 0 Å². The molecule has 0 aliphatic carbocycles. The van der Waals surface area contributed by atoms with Gasteiger partial charge in [0.25, 0.3) is 0 Å². The Morgan fingerprint density at radius 2 is 1.60 bits per heavy atom. The Bertz CT molecular complexity index is 374. The van der Waals surface area contributed by atoms with E-state index in [0.717, 1.165) is 6.29 Å². The normalized spacial score (nSPS) is 10.9. The number of aldehydes is 1. The van der Waals surface area contributed by atoms with Gasteiger partial charge in [-0.3, -0.25) is 0 Å². The van der Waals surface area contributed by atoms with Gasteiger partial charge in [0.15, 0.2) is 0 Å². The maximum Gasteiger partial charge on any atom is 0.123 e. The molecule has 1 heteroatoms. The largest absolute Gasteiger partial charge is 0.303 e. The molecule has 0 N–H and O–H groups in total. The maximum absolute atomic E-state index is 10.2. The molecular formula is C14H18O. The summed E-state index contributed by atoms with van der Waals surface area (Å²) in [5, 5.41) is 0. The third-order valence-corrected chi connectivity index (χ3v) is 2.94. The molecule has 0 heterocycles. The molecule has 1 rings (SSSR count). The molecule has 0 fully saturated rings. The fourth-order valence-corrected chi connectivity index (χ4v) is 1.74. The van der Waals surface area contributed by atoms with Crippen molar-refractivity contribution in [3.05, 3.63) is 40.0 Å². The third kappa shape index (κ3) is 2.56. The molecular weight excluding hydrogens is 184 g/mol. The van der Waals surface area contributed by atoms with Crippen molar-refractivity contribution in [2.75, 3.05) is 0 Å². The lowest BCUT2D eigenvalue weighted by atomic mass is 9.94. The molecule has 0 aliphatic rings. The summed E-state index contributed by atoms with van der Waals surface area (Å²) in [5.74, 6) is 0. The average molecular weight is 202 g/mol. The fraction of sp³-hybridized carbons (Fsp3) is 0.357. The summed E-state index contributed by atoms with van der Waals surface area (Å²) in [6, 6.07) is 2.21. The van der Waals surface area contributed by atoms with Crippen LogP contribution < -0.4 is 0 Å². The Balaban J connectivity index is 3.20. The number of carbonyl (C=O) groups excluding carboxylic acids is 1. The van der Waals surface area contributed by atoms with E-state index in [1.807, 2.05) is 6.08 Å². The molecule has 0 saturated heterocycles. The third-order valence-electron chi connectivity index (χ3n) is 2.94. The zero-order valence-corrected chi connectivity index (χ0v) is 9.92. The molecule has 1 nitrogen and oxygen atoms in total. The molecule has 0 spiro atoms. The lowest BCUT2D eigenvalue weighted by molar-refractivity contribution is -0.107. The predicted octanol–water partition coefficient (Wildman–Crippen LogP) is 3.52. The van der Waals surface area contributed by atoms with E-state index in [1.165, 1.54) is 27.8 Å². The van der Waals surface area contributed by atoms with Gasteiger partial charge in [0.2, 0.25) is 0 Å². The number of rotatable bonds is 3.